The molecule has 0 atom stereocenters. The van der Waals surface area contributed by atoms with Gasteiger partial charge in [0, 0.05) is 55.7 Å². The first-order valence-corrected chi connectivity index (χ1v) is 12.3. The number of nitrogens with two attached hydrogens (primary N) is 1. The van der Waals surface area contributed by atoms with Crippen LogP contribution in [0.5, 0.6) is 0 Å². The molecule has 10 heteroatoms. The second kappa shape index (κ2) is 11.8. The van der Waals surface area contributed by atoms with Crippen molar-refractivity contribution in [1.82, 2.24) is 19.9 Å². The van der Waals surface area contributed by atoms with E-state index in [-0.39, 0.29) is 17.3 Å². The number of anilines is 2. The predicted octanol–water partition coefficient (Wildman–Crippen LogP) is 3.12. The smallest absolute Gasteiger partial charge is 0.221 e. The van der Waals surface area contributed by atoms with Gasteiger partial charge in [-0.05, 0) is 24.3 Å². The number of nitrogens with one attached hydrogen (secondary N) is 1. The quantitative estimate of drug-likeness (QED) is 0.362. The summed E-state index contributed by atoms with van der Waals surface area (Å²) in [5.41, 5.74) is 10.1. The molecule has 2 aromatic heterocycles. The fraction of sp³-hybridized carbons (Fsp3) is 0.320. The van der Waals surface area contributed by atoms with Crippen molar-refractivity contribution in [2.24, 2.45) is 0 Å². The average Bonchev–Trinajstić information content (AvgIpc) is 2.87. The largest absolute Gasteiger partial charge is 0.382 e. The third kappa shape index (κ3) is 6.76. The Hall–Kier alpha value is -3.52. The highest BCUT2D eigenvalue weighted by Gasteiger charge is 2.15. The first-order chi connectivity index (χ1) is 17.0. The SMILES string of the molecule is CC(=O)Nc1ccc(-c2nc(SCc3cccc(CCN4CCOCC4)n3)nc(N)c2C#N)cc1. The summed E-state index contributed by atoms with van der Waals surface area (Å²) in [7, 11) is 0. The molecule has 35 heavy (non-hydrogen) atoms. The van der Waals surface area contributed by atoms with Gasteiger partial charge in [0.05, 0.1) is 24.6 Å². The standard InChI is InChI=1S/C25H27N7O2S/c1-17(33)28-20-7-5-18(6-8-20)23-22(15-26)24(27)31-25(30-23)35-16-21-4-2-3-19(29-21)9-10-32-11-13-34-14-12-32/h2-8H,9-14,16H2,1H3,(H,28,33)(H2,27,30,31). The number of morpholine rings is 1. The van der Waals surface area contributed by atoms with Crippen molar-refractivity contribution >= 4 is 29.2 Å². The fourth-order valence-electron chi connectivity index (χ4n) is 3.74. The van der Waals surface area contributed by atoms with Gasteiger partial charge in [-0.1, -0.05) is 30.0 Å². The van der Waals surface area contributed by atoms with Crippen LogP contribution in [0.2, 0.25) is 0 Å². The van der Waals surface area contributed by atoms with Crippen LogP contribution in [-0.2, 0) is 21.7 Å². The number of carbonyl (C=O) groups is 1. The van der Waals surface area contributed by atoms with Gasteiger partial charge in [0.15, 0.2) is 5.16 Å². The highest BCUT2D eigenvalue weighted by Crippen LogP contribution is 2.29. The maximum Gasteiger partial charge on any atom is 0.221 e. The number of pyridine rings is 1. The van der Waals surface area contributed by atoms with Crippen molar-refractivity contribution in [2.45, 2.75) is 24.3 Å². The number of hydrogen-bond acceptors (Lipinski definition) is 9. The third-order valence-electron chi connectivity index (χ3n) is 5.51. The van der Waals surface area contributed by atoms with Gasteiger partial charge in [0.2, 0.25) is 5.91 Å². The molecule has 1 aliphatic heterocycles. The number of thioether (sulfide) groups is 1. The molecule has 0 saturated carbocycles. The molecule has 3 aromatic rings. The second-order valence-corrected chi connectivity index (χ2v) is 9.04. The Morgan fingerprint density at radius 3 is 2.60 bits per heavy atom. The van der Waals surface area contributed by atoms with Crippen LogP contribution in [0.25, 0.3) is 11.3 Å². The van der Waals surface area contributed by atoms with Crippen LogP contribution in [0.4, 0.5) is 11.5 Å². The molecule has 3 heterocycles. The van der Waals surface area contributed by atoms with Crippen LogP contribution in [0.15, 0.2) is 47.6 Å². The Bertz CT molecular complexity index is 1220. The van der Waals surface area contributed by atoms with E-state index in [2.05, 4.69) is 26.3 Å². The zero-order valence-electron chi connectivity index (χ0n) is 19.5. The van der Waals surface area contributed by atoms with Crippen molar-refractivity contribution in [1.29, 1.82) is 5.26 Å². The van der Waals surface area contributed by atoms with Gasteiger partial charge in [-0.25, -0.2) is 9.97 Å². The highest BCUT2D eigenvalue weighted by atomic mass is 32.2. The minimum absolute atomic E-state index is 0.137. The van der Waals surface area contributed by atoms with E-state index in [1.165, 1.54) is 18.7 Å². The zero-order chi connectivity index (χ0) is 24.6. The number of nitrogens with zero attached hydrogens (tertiary/aromatic N) is 5. The maximum absolute atomic E-state index is 11.3. The monoisotopic (exact) mass is 489 g/mol. The first kappa shape index (κ1) is 24.6. The van der Waals surface area contributed by atoms with Crippen LogP contribution >= 0.6 is 11.8 Å². The number of benzene rings is 1. The van der Waals surface area contributed by atoms with E-state index >= 15 is 0 Å². The van der Waals surface area contributed by atoms with Crippen molar-refractivity contribution < 1.29 is 9.53 Å². The number of rotatable bonds is 8. The van der Waals surface area contributed by atoms with E-state index < -0.39 is 0 Å². The molecular formula is C25H27N7O2S. The Labute approximate surface area is 208 Å². The lowest BCUT2D eigenvalue weighted by Crippen LogP contribution is -2.37. The maximum atomic E-state index is 11.3. The minimum Gasteiger partial charge on any atom is -0.382 e. The Morgan fingerprint density at radius 2 is 1.89 bits per heavy atom. The number of aromatic nitrogens is 3. The molecule has 0 bridgehead atoms. The fourth-order valence-corrected chi connectivity index (χ4v) is 4.50. The Morgan fingerprint density at radius 1 is 1.14 bits per heavy atom. The summed E-state index contributed by atoms with van der Waals surface area (Å²) in [6.07, 6.45) is 0.886. The Kier molecular flexibility index (Phi) is 8.26. The van der Waals surface area contributed by atoms with Crippen LogP contribution in [-0.4, -0.2) is 58.6 Å². The molecule has 1 saturated heterocycles. The molecule has 1 fully saturated rings. The third-order valence-corrected chi connectivity index (χ3v) is 6.39. The molecule has 1 aromatic carbocycles. The minimum atomic E-state index is -0.154. The molecule has 0 unspecified atom stereocenters. The number of amides is 1. The normalized spacial score (nSPS) is 13.8. The summed E-state index contributed by atoms with van der Waals surface area (Å²) in [5, 5.41) is 12.8. The predicted molar refractivity (Wildman–Crippen MR) is 136 cm³/mol. The van der Waals surface area contributed by atoms with Gasteiger partial charge in [-0.15, -0.1) is 0 Å². The number of nitriles is 1. The van der Waals surface area contributed by atoms with E-state index in [4.69, 9.17) is 15.5 Å². The Balaban J connectivity index is 1.45. The van der Waals surface area contributed by atoms with Crippen molar-refractivity contribution in [3.63, 3.8) is 0 Å². The van der Waals surface area contributed by atoms with Crippen LogP contribution < -0.4 is 11.1 Å². The molecule has 1 amide bonds. The number of carbonyl (C=O) groups excluding carboxylic acids is 1. The average molecular weight is 490 g/mol. The van der Waals surface area contributed by atoms with E-state index in [0.29, 0.717) is 22.3 Å². The summed E-state index contributed by atoms with van der Waals surface area (Å²) in [4.78, 5) is 27.4. The van der Waals surface area contributed by atoms with Crippen LogP contribution in [0.1, 0.15) is 23.9 Å². The molecule has 180 valence electrons. The second-order valence-electron chi connectivity index (χ2n) is 8.10. The molecule has 4 rings (SSSR count). The van der Waals surface area contributed by atoms with E-state index in [1.807, 2.05) is 18.2 Å². The van der Waals surface area contributed by atoms with E-state index in [1.54, 1.807) is 24.3 Å². The van der Waals surface area contributed by atoms with Gasteiger partial charge in [-0.3, -0.25) is 14.7 Å². The number of nitrogen functional groups attached to an aromatic ring is 1. The number of hydrogen-bond donors (Lipinski definition) is 2. The molecule has 9 nitrogen and oxygen atoms in total. The van der Waals surface area contributed by atoms with Gasteiger partial charge in [0.25, 0.3) is 0 Å². The summed E-state index contributed by atoms with van der Waals surface area (Å²) in [6.45, 7) is 5.92. The first-order valence-electron chi connectivity index (χ1n) is 11.3. The lowest BCUT2D eigenvalue weighted by Gasteiger charge is -2.26. The lowest BCUT2D eigenvalue weighted by molar-refractivity contribution is -0.114. The molecule has 0 radical (unpaired) electrons. The van der Waals surface area contributed by atoms with E-state index in [0.717, 1.165) is 56.2 Å². The topological polar surface area (TPSA) is 130 Å². The van der Waals surface area contributed by atoms with Crippen LogP contribution in [0, 0.1) is 11.3 Å². The summed E-state index contributed by atoms with van der Waals surface area (Å²) < 4.78 is 5.41. The number of ether oxygens (including phenoxy) is 1. The van der Waals surface area contributed by atoms with Gasteiger partial charge >= 0.3 is 0 Å². The summed E-state index contributed by atoms with van der Waals surface area (Å²) in [6, 6.07) is 15.3. The van der Waals surface area contributed by atoms with Crippen molar-refractivity contribution in [2.75, 3.05) is 43.9 Å². The van der Waals surface area contributed by atoms with Gasteiger partial charge < -0.3 is 15.8 Å². The lowest BCUT2D eigenvalue weighted by atomic mass is 10.1. The molecule has 0 aliphatic carbocycles. The molecule has 1 aliphatic rings. The molecule has 3 N–H and O–H groups in total. The van der Waals surface area contributed by atoms with E-state index in [9.17, 15) is 10.1 Å². The zero-order valence-corrected chi connectivity index (χ0v) is 20.3. The molecule has 0 spiro atoms. The van der Waals surface area contributed by atoms with Crippen molar-refractivity contribution in [3.8, 4) is 17.3 Å². The summed E-state index contributed by atoms with van der Waals surface area (Å²) >= 11 is 1.42. The van der Waals surface area contributed by atoms with Gasteiger partial charge in [0.1, 0.15) is 17.5 Å². The van der Waals surface area contributed by atoms with Gasteiger partial charge in [-0.2, -0.15) is 5.26 Å². The summed E-state index contributed by atoms with van der Waals surface area (Å²) in [5.74, 6) is 0.565. The van der Waals surface area contributed by atoms with Crippen LogP contribution in [0.3, 0.4) is 0 Å². The highest BCUT2D eigenvalue weighted by molar-refractivity contribution is 7.98. The molecular weight excluding hydrogens is 462 g/mol. The van der Waals surface area contributed by atoms with Crippen molar-refractivity contribution in [3.05, 3.63) is 59.4 Å².